The number of carbonyl (C=O) groups is 3. The maximum Gasteiger partial charge on any atom is 0.412 e. The van der Waals surface area contributed by atoms with E-state index in [4.69, 9.17) is 9.84 Å². The summed E-state index contributed by atoms with van der Waals surface area (Å²) in [6, 6.07) is 20.2. The van der Waals surface area contributed by atoms with Gasteiger partial charge in [-0.2, -0.15) is 0 Å². The number of aromatic nitrogens is 1. The van der Waals surface area contributed by atoms with Crippen molar-refractivity contribution >= 4 is 23.8 Å². The maximum atomic E-state index is 12.6. The van der Waals surface area contributed by atoms with Crippen molar-refractivity contribution in [2.75, 3.05) is 11.9 Å². The van der Waals surface area contributed by atoms with Gasteiger partial charge in [-0.3, -0.25) is 14.9 Å². The fourth-order valence-electron chi connectivity index (χ4n) is 4.25. The number of carboxylic acid groups (broad SMARTS) is 1. The van der Waals surface area contributed by atoms with Crippen LogP contribution in [0, 0.1) is 5.92 Å². The number of carboxylic acids is 1. The van der Waals surface area contributed by atoms with Crippen LogP contribution in [0.1, 0.15) is 47.8 Å². The summed E-state index contributed by atoms with van der Waals surface area (Å²) in [4.78, 5) is 40.4. The van der Waals surface area contributed by atoms with E-state index in [1.54, 1.807) is 12.1 Å². The van der Waals surface area contributed by atoms with Crippen LogP contribution in [0.2, 0.25) is 0 Å². The predicted molar refractivity (Wildman–Crippen MR) is 131 cm³/mol. The van der Waals surface area contributed by atoms with E-state index in [0.29, 0.717) is 0 Å². The smallest absolute Gasteiger partial charge is 0.412 e. The number of nitrogens with one attached hydrogen (secondary N) is 2. The molecule has 35 heavy (non-hydrogen) atoms. The monoisotopic (exact) mass is 473 g/mol. The number of hydrogen-bond donors (Lipinski definition) is 3. The lowest BCUT2D eigenvalue weighted by Crippen LogP contribution is -2.40. The molecule has 1 heterocycles. The molecule has 2 aromatic carbocycles. The molecule has 8 heteroatoms. The van der Waals surface area contributed by atoms with Crippen LogP contribution >= 0.6 is 0 Å². The molecule has 3 N–H and O–H groups in total. The molecule has 0 radical (unpaired) electrons. The number of carbonyl (C=O) groups excluding carboxylic acids is 2. The standard InChI is InChI=1S/C27H27N3O5/c1-16(2)23(14-25(31)32)29-26(33)22-12-7-13-24(28-22)30-27(34)35-15-21-19-10-5-3-8-17(19)18-9-4-6-11-20(18)21/h3-13,16,21,23H,14-15H2,1-2H3,(H,29,33)(H,31,32)(H,28,30,34)/t23-/m0/s1. The highest BCUT2D eigenvalue weighted by molar-refractivity contribution is 5.93. The SMILES string of the molecule is CC(C)[C@H](CC(=O)O)NC(=O)c1cccc(NC(=O)OCC2c3ccccc3-c3ccccc32)n1. The number of anilines is 1. The quantitative estimate of drug-likeness (QED) is 0.438. The third-order valence-corrected chi connectivity index (χ3v) is 6.07. The van der Waals surface area contributed by atoms with Crippen LogP contribution < -0.4 is 10.6 Å². The molecule has 0 aliphatic heterocycles. The summed E-state index contributed by atoms with van der Waals surface area (Å²) >= 11 is 0. The number of ether oxygens (including phenoxy) is 1. The maximum absolute atomic E-state index is 12.6. The molecule has 1 aliphatic rings. The molecule has 1 aromatic heterocycles. The summed E-state index contributed by atoms with van der Waals surface area (Å²) < 4.78 is 5.53. The van der Waals surface area contributed by atoms with Gasteiger partial charge in [0.15, 0.2) is 0 Å². The first-order chi connectivity index (χ1) is 16.8. The molecule has 0 saturated heterocycles. The van der Waals surface area contributed by atoms with Crippen LogP contribution in [0.3, 0.4) is 0 Å². The summed E-state index contributed by atoms with van der Waals surface area (Å²) in [5.74, 6) is -1.49. The second kappa shape index (κ2) is 10.4. The van der Waals surface area contributed by atoms with Gasteiger partial charge in [-0.25, -0.2) is 9.78 Å². The number of fused-ring (bicyclic) bond motifs is 3. The lowest BCUT2D eigenvalue weighted by molar-refractivity contribution is -0.137. The Morgan fingerprint density at radius 1 is 0.943 bits per heavy atom. The van der Waals surface area contributed by atoms with Crippen LogP contribution in [0.25, 0.3) is 11.1 Å². The molecule has 3 aromatic rings. The fraction of sp³-hybridized carbons (Fsp3) is 0.259. The Bertz CT molecular complexity index is 1210. The number of pyridine rings is 1. The second-order valence-electron chi connectivity index (χ2n) is 8.78. The van der Waals surface area contributed by atoms with E-state index in [1.807, 2.05) is 50.2 Å². The van der Waals surface area contributed by atoms with Gasteiger partial charge in [0.2, 0.25) is 0 Å². The van der Waals surface area contributed by atoms with E-state index in [9.17, 15) is 14.4 Å². The fourth-order valence-corrected chi connectivity index (χ4v) is 4.25. The van der Waals surface area contributed by atoms with Gasteiger partial charge in [-0.05, 0) is 40.3 Å². The van der Waals surface area contributed by atoms with E-state index < -0.39 is 24.0 Å². The molecule has 180 valence electrons. The molecule has 0 fully saturated rings. The third-order valence-electron chi connectivity index (χ3n) is 6.07. The molecule has 8 nitrogen and oxygen atoms in total. The Morgan fingerprint density at radius 2 is 1.57 bits per heavy atom. The van der Waals surface area contributed by atoms with Crippen LogP contribution in [-0.2, 0) is 9.53 Å². The zero-order valence-electron chi connectivity index (χ0n) is 19.5. The highest BCUT2D eigenvalue weighted by Crippen LogP contribution is 2.44. The minimum atomic E-state index is -0.998. The second-order valence-corrected chi connectivity index (χ2v) is 8.78. The molecule has 0 spiro atoms. The van der Waals surface area contributed by atoms with E-state index in [0.717, 1.165) is 22.3 Å². The molecule has 1 aliphatic carbocycles. The van der Waals surface area contributed by atoms with E-state index >= 15 is 0 Å². The number of benzene rings is 2. The normalized spacial score (nSPS) is 13.0. The van der Waals surface area contributed by atoms with Crippen LogP contribution in [0.15, 0.2) is 66.7 Å². The number of aliphatic carboxylic acids is 1. The summed E-state index contributed by atoms with van der Waals surface area (Å²) in [6.07, 6.45) is -0.871. The van der Waals surface area contributed by atoms with Crippen molar-refractivity contribution in [2.24, 2.45) is 5.92 Å². The van der Waals surface area contributed by atoms with Gasteiger partial charge in [0, 0.05) is 12.0 Å². The Kier molecular flexibility index (Phi) is 7.10. The molecule has 2 amide bonds. The number of hydrogen-bond acceptors (Lipinski definition) is 5. The van der Waals surface area contributed by atoms with Crippen molar-refractivity contribution < 1.29 is 24.2 Å². The minimum Gasteiger partial charge on any atom is -0.481 e. The first-order valence-corrected chi connectivity index (χ1v) is 11.4. The molecule has 0 unspecified atom stereocenters. The van der Waals surface area contributed by atoms with Crippen molar-refractivity contribution in [2.45, 2.75) is 32.2 Å². The number of nitrogens with zero attached hydrogens (tertiary/aromatic N) is 1. The number of rotatable bonds is 8. The Balaban J connectivity index is 1.39. The van der Waals surface area contributed by atoms with Crippen molar-refractivity contribution in [3.05, 3.63) is 83.6 Å². The van der Waals surface area contributed by atoms with Gasteiger partial charge in [-0.15, -0.1) is 0 Å². The molecule has 0 bridgehead atoms. The molecule has 0 saturated carbocycles. The summed E-state index contributed by atoms with van der Waals surface area (Å²) in [5, 5.41) is 14.3. The Labute approximate surface area is 203 Å². The average Bonchev–Trinajstić information content (AvgIpc) is 3.16. The van der Waals surface area contributed by atoms with E-state index in [1.165, 1.54) is 6.07 Å². The summed E-state index contributed by atoms with van der Waals surface area (Å²) in [5.41, 5.74) is 4.57. The van der Waals surface area contributed by atoms with Gasteiger partial charge in [0.05, 0.1) is 6.42 Å². The minimum absolute atomic E-state index is 0.0671. The van der Waals surface area contributed by atoms with Gasteiger partial charge in [0.25, 0.3) is 5.91 Å². The first kappa shape index (κ1) is 23.9. The van der Waals surface area contributed by atoms with Crippen molar-refractivity contribution in [1.29, 1.82) is 0 Å². The summed E-state index contributed by atoms with van der Waals surface area (Å²) in [6.45, 7) is 3.82. The number of amides is 2. The van der Waals surface area contributed by atoms with Crippen molar-refractivity contribution in [1.82, 2.24) is 10.3 Å². The lowest BCUT2D eigenvalue weighted by atomic mass is 9.98. The van der Waals surface area contributed by atoms with E-state index in [2.05, 4.69) is 27.8 Å². The van der Waals surface area contributed by atoms with Crippen LogP contribution in [0.4, 0.5) is 10.6 Å². The largest absolute Gasteiger partial charge is 0.481 e. The topological polar surface area (TPSA) is 118 Å². The van der Waals surface area contributed by atoms with Gasteiger partial charge < -0.3 is 15.2 Å². The Hall–Kier alpha value is -4.20. The van der Waals surface area contributed by atoms with Crippen LogP contribution in [-0.4, -0.2) is 40.7 Å². The molecule has 4 rings (SSSR count). The third kappa shape index (κ3) is 5.48. The average molecular weight is 474 g/mol. The van der Waals surface area contributed by atoms with Gasteiger partial charge >= 0.3 is 12.1 Å². The molecular weight excluding hydrogens is 446 g/mol. The van der Waals surface area contributed by atoms with Gasteiger partial charge in [-0.1, -0.05) is 68.4 Å². The van der Waals surface area contributed by atoms with Gasteiger partial charge in [0.1, 0.15) is 18.1 Å². The zero-order valence-corrected chi connectivity index (χ0v) is 19.5. The van der Waals surface area contributed by atoms with Crippen molar-refractivity contribution in [3.8, 4) is 11.1 Å². The van der Waals surface area contributed by atoms with E-state index in [-0.39, 0.29) is 36.4 Å². The molecule has 1 atom stereocenters. The summed E-state index contributed by atoms with van der Waals surface area (Å²) in [7, 11) is 0. The lowest BCUT2D eigenvalue weighted by Gasteiger charge is -2.20. The Morgan fingerprint density at radius 3 is 2.17 bits per heavy atom. The highest BCUT2D eigenvalue weighted by Gasteiger charge is 2.29. The van der Waals surface area contributed by atoms with Crippen LogP contribution in [0.5, 0.6) is 0 Å². The first-order valence-electron chi connectivity index (χ1n) is 11.4. The molecular formula is C27H27N3O5. The van der Waals surface area contributed by atoms with Crippen molar-refractivity contribution in [3.63, 3.8) is 0 Å². The zero-order chi connectivity index (χ0) is 24.9. The highest BCUT2D eigenvalue weighted by atomic mass is 16.5. The predicted octanol–water partition coefficient (Wildman–Crippen LogP) is 4.67.